The number of rotatable bonds is 12. The van der Waals surface area contributed by atoms with Gasteiger partial charge in [0.2, 0.25) is 11.6 Å². The summed E-state index contributed by atoms with van der Waals surface area (Å²) in [6.07, 6.45) is 0. The maximum absolute atomic E-state index is 13.3. The SMILES string of the molecule is Nc1ccc(Nc2ccc(NC3=C(Cl)C(=O)C(Nc4ccc(Nc5ccc(N)c(S(=O)(=O)[O-])c5)c(S(=O)(=O)[O-])c4)=C(Cl)C3=O)cc2S(=O)(=O)[O-])cc1S(=O)(=O)[O-].[Mg+2].[Mg+2]. The van der Waals surface area contributed by atoms with E-state index in [0.717, 1.165) is 60.7 Å². The zero-order valence-electron chi connectivity index (χ0n) is 28.6. The van der Waals surface area contributed by atoms with E-state index in [9.17, 15) is 61.5 Å². The standard InChI is InChI=1S/C30H24Cl2N6O14S4.2Mg/c31-25-27(37-15-3-7-19(23(11-15)55(47,48)49)35-13-1-5-17(33)21(9-13)53(41,42)43)29(39)26(32)28(30(25)40)38-16-4-8-20(24(12-16)56(50,51)52)36-14-2-6-18(34)22(10-14)54(44,45)46;;/h1-12,35-38H,33-34H2,(H,41,42,43)(H,44,45,46)(H,47,48,49)(H,50,51,52);;/q;2*+2/p-4. The summed E-state index contributed by atoms with van der Waals surface area (Å²) < 4.78 is 142. The minimum atomic E-state index is -5.31. The fraction of sp³-hybridized carbons (Fsp3) is 0. The minimum Gasteiger partial charge on any atom is -0.744 e. The maximum Gasteiger partial charge on any atom is 2.00 e. The Morgan fingerprint density at radius 3 is 0.983 bits per heavy atom. The van der Waals surface area contributed by atoms with E-state index in [-0.39, 0.29) is 68.9 Å². The molecule has 0 atom stereocenters. The van der Waals surface area contributed by atoms with Crippen molar-refractivity contribution in [2.45, 2.75) is 19.6 Å². The third kappa shape index (κ3) is 10.9. The molecular formula is C30H20Cl2Mg2N6O14S4. The second-order valence-corrected chi connectivity index (χ2v) is 17.4. The Kier molecular flexibility index (Phi) is 15.0. The first-order valence-electron chi connectivity index (χ1n) is 14.6. The van der Waals surface area contributed by atoms with Gasteiger partial charge in [-0.05, 0) is 72.8 Å². The summed E-state index contributed by atoms with van der Waals surface area (Å²) in [6.45, 7) is 0. The molecule has 8 N–H and O–H groups in total. The van der Waals surface area contributed by atoms with E-state index in [1.165, 1.54) is 12.1 Å². The quantitative estimate of drug-likeness (QED) is 0.0510. The van der Waals surface area contributed by atoms with Crippen LogP contribution in [0.3, 0.4) is 0 Å². The number of anilines is 8. The number of nitrogen functional groups attached to an aromatic ring is 2. The second kappa shape index (κ2) is 17.8. The van der Waals surface area contributed by atoms with Crippen LogP contribution in [0.4, 0.5) is 45.5 Å². The number of allylic oxidation sites excluding steroid dienone is 2. The van der Waals surface area contributed by atoms with Gasteiger partial charge in [-0.25, -0.2) is 33.7 Å². The fourth-order valence-corrected chi connectivity index (χ4v) is 7.98. The van der Waals surface area contributed by atoms with Crippen LogP contribution in [0.15, 0.2) is 114 Å². The van der Waals surface area contributed by atoms with Crippen molar-refractivity contribution in [3.63, 3.8) is 0 Å². The zero-order valence-corrected chi connectivity index (χ0v) is 36.2. The number of hydrogen-bond acceptors (Lipinski definition) is 20. The molecule has 0 aliphatic heterocycles. The summed E-state index contributed by atoms with van der Waals surface area (Å²) in [7, 11) is -20.7. The smallest absolute Gasteiger partial charge is 0.744 e. The average Bonchev–Trinajstić information content (AvgIpc) is 3.08. The van der Waals surface area contributed by atoms with E-state index in [0.29, 0.717) is 0 Å². The van der Waals surface area contributed by atoms with Crippen LogP contribution in [0.2, 0.25) is 0 Å². The van der Waals surface area contributed by atoms with Crippen LogP contribution in [0, 0.1) is 0 Å². The summed E-state index contributed by atoms with van der Waals surface area (Å²) in [5.74, 6) is -2.33. The first-order valence-corrected chi connectivity index (χ1v) is 21.0. The summed E-state index contributed by atoms with van der Waals surface area (Å²) in [5.41, 5.74) is 7.14. The van der Waals surface area contributed by atoms with Gasteiger partial charge in [0.25, 0.3) is 0 Å². The van der Waals surface area contributed by atoms with Crippen LogP contribution in [0.5, 0.6) is 0 Å². The Bertz CT molecular complexity index is 2720. The molecule has 0 radical (unpaired) electrons. The minimum absolute atomic E-state index is 0. The Labute approximate surface area is 371 Å². The number of carbonyl (C=O) groups is 2. The molecule has 0 spiro atoms. The van der Waals surface area contributed by atoms with Crippen molar-refractivity contribution in [1.29, 1.82) is 0 Å². The topological polar surface area (TPSA) is 363 Å². The van der Waals surface area contributed by atoms with Crippen molar-refractivity contribution < 1.29 is 61.5 Å². The zero-order chi connectivity index (χ0) is 41.7. The van der Waals surface area contributed by atoms with Crippen molar-refractivity contribution in [3.05, 3.63) is 94.3 Å². The third-order valence-corrected chi connectivity index (χ3v) is 11.7. The molecular weight excluding hydrogens is 916 g/mol. The molecule has 58 heavy (non-hydrogen) atoms. The number of benzene rings is 4. The maximum atomic E-state index is 13.3. The van der Waals surface area contributed by atoms with Gasteiger partial charge >= 0.3 is 46.1 Å². The fourth-order valence-electron chi connectivity index (χ4n) is 4.95. The number of hydrogen-bond donors (Lipinski definition) is 6. The summed E-state index contributed by atoms with van der Waals surface area (Å²) in [5, 5.41) is 8.14. The molecule has 0 fully saturated rings. The normalized spacial score (nSPS) is 13.7. The van der Waals surface area contributed by atoms with Crippen molar-refractivity contribution >= 4 is 167 Å². The van der Waals surface area contributed by atoms with Crippen LogP contribution in [-0.2, 0) is 50.1 Å². The second-order valence-electron chi connectivity index (χ2n) is 11.3. The van der Waals surface area contributed by atoms with Crippen LogP contribution in [-0.4, -0.2) is 110 Å². The molecule has 0 aromatic heterocycles. The van der Waals surface area contributed by atoms with Crippen molar-refractivity contribution in [3.8, 4) is 0 Å². The Hall–Kier alpha value is -3.75. The van der Waals surface area contributed by atoms with Gasteiger partial charge in [0.05, 0.1) is 31.0 Å². The Balaban J connectivity index is 0.00000450. The third-order valence-electron chi connectivity index (χ3n) is 7.46. The molecule has 1 aliphatic rings. The van der Waals surface area contributed by atoms with Crippen LogP contribution < -0.4 is 32.7 Å². The predicted octanol–water partition coefficient (Wildman–Crippen LogP) is 1.77. The largest absolute Gasteiger partial charge is 2.00 e. The van der Waals surface area contributed by atoms with Crippen LogP contribution in [0.1, 0.15) is 0 Å². The van der Waals surface area contributed by atoms with E-state index in [4.69, 9.17) is 34.7 Å². The number of nitrogens with two attached hydrogens (primary N) is 2. The van der Waals surface area contributed by atoms with Gasteiger partial charge in [-0.1, -0.05) is 23.2 Å². The molecule has 0 saturated heterocycles. The van der Waals surface area contributed by atoms with Gasteiger partial charge in [-0.2, -0.15) is 0 Å². The molecule has 0 saturated carbocycles. The number of nitrogens with one attached hydrogen (secondary N) is 4. The number of ketones is 2. The van der Waals surface area contributed by atoms with Gasteiger partial charge in [0.15, 0.2) is 0 Å². The monoisotopic (exact) mass is 934 g/mol. The predicted molar refractivity (Wildman–Crippen MR) is 208 cm³/mol. The summed E-state index contributed by atoms with van der Waals surface area (Å²) >= 11 is 12.4. The number of carbonyl (C=O) groups excluding carboxylic acids is 2. The van der Waals surface area contributed by atoms with Gasteiger partial charge < -0.3 is 50.9 Å². The number of Topliss-reactive ketones (excluding diaryl/α,β-unsaturated/α-hetero) is 2. The molecule has 0 unspecified atom stereocenters. The number of halogens is 2. The van der Waals surface area contributed by atoms with E-state index in [1.807, 2.05) is 0 Å². The van der Waals surface area contributed by atoms with Crippen LogP contribution >= 0.6 is 23.2 Å². The van der Waals surface area contributed by atoms with Gasteiger partial charge in [-0.15, -0.1) is 0 Å². The Morgan fingerprint density at radius 1 is 0.431 bits per heavy atom. The summed E-state index contributed by atoms with van der Waals surface area (Å²) in [6, 6.07) is 11.8. The van der Waals surface area contributed by atoms with Crippen molar-refractivity contribution in [2.24, 2.45) is 0 Å². The first-order chi connectivity index (χ1) is 25.8. The van der Waals surface area contributed by atoms with Crippen molar-refractivity contribution in [2.75, 3.05) is 32.7 Å². The molecule has 296 valence electrons. The molecule has 4 aromatic rings. The van der Waals surface area contributed by atoms with Crippen LogP contribution in [0.25, 0.3) is 0 Å². The molecule has 5 rings (SSSR count). The summed E-state index contributed by atoms with van der Waals surface area (Å²) in [4.78, 5) is 23.1. The molecule has 0 bridgehead atoms. The van der Waals surface area contributed by atoms with E-state index >= 15 is 0 Å². The van der Waals surface area contributed by atoms with Crippen molar-refractivity contribution in [1.82, 2.24) is 0 Å². The molecule has 0 amide bonds. The molecule has 0 heterocycles. The van der Waals surface area contributed by atoms with E-state index in [1.54, 1.807) is 0 Å². The molecule has 4 aromatic carbocycles. The van der Waals surface area contributed by atoms with Gasteiger partial charge in [0, 0.05) is 34.1 Å². The molecule has 1 aliphatic carbocycles. The van der Waals surface area contributed by atoms with E-state index in [2.05, 4.69) is 21.3 Å². The Morgan fingerprint density at radius 2 is 0.690 bits per heavy atom. The van der Waals surface area contributed by atoms with Gasteiger partial charge in [-0.3, -0.25) is 9.59 Å². The molecule has 28 heteroatoms. The van der Waals surface area contributed by atoms with E-state index < -0.39 is 116 Å². The average molecular weight is 936 g/mol. The molecule has 20 nitrogen and oxygen atoms in total. The van der Waals surface area contributed by atoms with Gasteiger partial charge in [0.1, 0.15) is 61.9 Å². The first kappa shape index (κ1) is 48.6.